The van der Waals surface area contributed by atoms with Gasteiger partial charge in [-0.25, -0.2) is 9.18 Å². The Morgan fingerprint density at radius 1 is 0.929 bits per heavy atom. The van der Waals surface area contributed by atoms with Gasteiger partial charge in [-0.3, -0.25) is 0 Å². The van der Waals surface area contributed by atoms with Gasteiger partial charge in [-0.15, -0.1) is 0 Å². The highest BCUT2D eigenvalue weighted by atomic mass is 32.2. The molecule has 0 unspecified atom stereocenters. The minimum atomic E-state index is -3.45. The molecule has 2 amide bonds. The van der Waals surface area contributed by atoms with E-state index in [0.717, 1.165) is 25.7 Å². The summed E-state index contributed by atoms with van der Waals surface area (Å²) < 4.78 is 42.3. The molecule has 0 radical (unpaired) electrons. The molecular weight excluding hydrogens is 383 g/mol. The van der Waals surface area contributed by atoms with Crippen LogP contribution < -0.4 is 5.32 Å². The molecule has 156 valence electrons. The van der Waals surface area contributed by atoms with Crippen LogP contribution in [0, 0.1) is 5.82 Å². The van der Waals surface area contributed by atoms with Gasteiger partial charge in [0.2, 0.25) is 0 Å². The quantitative estimate of drug-likeness (QED) is 0.802. The van der Waals surface area contributed by atoms with E-state index in [2.05, 4.69) is 5.32 Å². The Morgan fingerprint density at radius 2 is 1.54 bits per heavy atom. The highest BCUT2D eigenvalue weighted by Crippen LogP contribution is 2.18. The van der Waals surface area contributed by atoms with Gasteiger partial charge in [0.25, 0.3) is 10.2 Å². The lowest BCUT2D eigenvalue weighted by Gasteiger charge is -2.36. The fourth-order valence-electron chi connectivity index (χ4n) is 3.67. The zero-order valence-corrected chi connectivity index (χ0v) is 17.0. The molecule has 2 heterocycles. The molecule has 28 heavy (non-hydrogen) atoms. The lowest BCUT2D eigenvalue weighted by Crippen LogP contribution is -2.56. The monoisotopic (exact) mass is 412 g/mol. The summed E-state index contributed by atoms with van der Waals surface area (Å²) in [6.07, 6.45) is 4.38. The Morgan fingerprint density at radius 3 is 2.18 bits per heavy atom. The number of hydrogen-bond acceptors (Lipinski definition) is 3. The van der Waals surface area contributed by atoms with Crippen molar-refractivity contribution < 1.29 is 17.6 Å². The molecule has 2 saturated heterocycles. The number of nitrogens with zero attached hydrogens (tertiary/aromatic N) is 3. The molecular formula is C19H29FN4O3S. The maximum atomic E-state index is 13.6. The van der Waals surface area contributed by atoms with Gasteiger partial charge in [0, 0.05) is 45.8 Å². The summed E-state index contributed by atoms with van der Waals surface area (Å²) in [6, 6.07) is 6.28. The average Bonchev–Trinajstić information content (AvgIpc) is 2.99. The van der Waals surface area contributed by atoms with Crippen LogP contribution >= 0.6 is 0 Å². The molecule has 1 aromatic rings. The second-order valence-corrected chi connectivity index (χ2v) is 9.21. The Bertz CT molecular complexity index is 758. The second kappa shape index (κ2) is 9.67. The van der Waals surface area contributed by atoms with Crippen LogP contribution in [-0.2, 0) is 16.6 Å². The van der Waals surface area contributed by atoms with Crippen molar-refractivity contribution in [2.24, 2.45) is 0 Å². The van der Waals surface area contributed by atoms with E-state index in [0.29, 0.717) is 57.8 Å². The smallest absolute Gasteiger partial charge is 0.317 e. The van der Waals surface area contributed by atoms with Gasteiger partial charge in [0.15, 0.2) is 0 Å². The summed E-state index contributed by atoms with van der Waals surface area (Å²) in [5, 5.41) is 2.80. The SMILES string of the molecule is O=C(NCCc1ccccc1F)N1CCN(S(=O)(=O)N2CCCCCC2)CC1. The van der Waals surface area contributed by atoms with Gasteiger partial charge in [-0.1, -0.05) is 31.0 Å². The van der Waals surface area contributed by atoms with E-state index in [1.54, 1.807) is 27.4 Å². The summed E-state index contributed by atoms with van der Waals surface area (Å²) >= 11 is 0. The van der Waals surface area contributed by atoms with Gasteiger partial charge in [0.1, 0.15) is 5.82 Å². The lowest BCUT2D eigenvalue weighted by molar-refractivity contribution is 0.169. The normalized spacial score (nSPS) is 20.0. The van der Waals surface area contributed by atoms with Crippen LogP contribution in [0.1, 0.15) is 31.2 Å². The van der Waals surface area contributed by atoms with Crippen molar-refractivity contribution in [2.45, 2.75) is 32.1 Å². The van der Waals surface area contributed by atoms with Crippen LogP contribution in [0.2, 0.25) is 0 Å². The third-order valence-corrected chi connectivity index (χ3v) is 7.41. The Balaban J connectivity index is 1.45. The summed E-state index contributed by atoms with van der Waals surface area (Å²) in [4.78, 5) is 13.9. The average molecular weight is 413 g/mol. The number of amides is 2. The van der Waals surface area contributed by atoms with Crippen molar-refractivity contribution in [3.8, 4) is 0 Å². The maximum absolute atomic E-state index is 13.6. The number of benzene rings is 1. The first-order valence-corrected chi connectivity index (χ1v) is 11.4. The number of carbonyl (C=O) groups excluding carboxylic acids is 1. The number of urea groups is 1. The molecule has 0 bridgehead atoms. The van der Waals surface area contributed by atoms with Crippen LogP contribution in [0.15, 0.2) is 24.3 Å². The fraction of sp³-hybridized carbons (Fsp3) is 0.632. The standard InChI is InChI=1S/C19H29FN4O3S/c20-18-8-4-3-7-17(18)9-10-21-19(25)22-13-15-24(16-14-22)28(26,27)23-11-5-1-2-6-12-23/h3-4,7-8H,1-2,5-6,9-16H2,(H,21,25). The molecule has 0 spiro atoms. The molecule has 0 atom stereocenters. The topological polar surface area (TPSA) is 73.0 Å². The predicted molar refractivity (Wildman–Crippen MR) is 106 cm³/mol. The van der Waals surface area contributed by atoms with Crippen molar-refractivity contribution in [3.05, 3.63) is 35.6 Å². The number of piperazine rings is 1. The minimum absolute atomic E-state index is 0.233. The maximum Gasteiger partial charge on any atom is 0.317 e. The molecule has 7 nitrogen and oxygen atoms in total. The van der Waals surface area contributed by atoms with Crippen LogP contribution in [0.4, 0.5) is 9.18 Å². The third-order valence-electron chi connectivity index (χ3n) is 5.37. The molecule has 9 heteroatoms. The van der Waals surface area contributed by atoms with E-state index in [-0.39, 0.29) is 11.8 Å². The zero-order chi connectivity index (χ0) is 20.0. The van der Waals surface area contributed by atoms with Crippen LogP contribution in [0.5, 0.6) is 0 Å². The van der Waals surface area contributed by atoms with Gasteiger partial charge in [0.05, 0.1) is 0 Å². The van der Waals surface area contributed by atoms with Gasteiger partial charge >= 0.3 is 6.03 Å². The van der Waals surface area contributed by atoms with Crippen LogP contribution in [-0.4, -0.2) is 73.8 Å². The molecule has 2 aliphatic heterocycles. The molecule has 0 aliphatic carbocycles. The van der Waals surface area contributed by atoms with Crippen molar-refractivity contribution in [1.29, 1.82) is 0 Å². The minimum Gasteiger partial charge on any atom is -0.338 e. The molecule has 0 aromatic heterocycles. The molecule has 0 saturated carbocycles. The van der Waals surface area contributed by atoms with Crippen LogP contribution in [0.25, 0.3) is 0 Å². The van der Waals surface area contributed by atoms with Crippen LogP contribution in [0.3, 0.4) is 0 Å². The second-order valence-electron chi connectivity index (χ2n) is 7.28. The highest BCUT2D eigenvalue weighted by molar-refractivity contribution is 7.86. The fourth-order valence-corrected chi connectivity index (χ4v) is 5.35. The van der Waals surface area contributed by atoms with E-state index in [1.807, 2.05) is 0 Å². The Hall–Kier alpha value is -1.71. The van der Waals surface area contributed by atoms with Crippen molar-refractivity contribution >= 4 is 16.2 Å². The molecule has 2 aliphatic rings. The van der Waals surface area contributed by atoms with E-state index in [9.17, 15) is 17.6 Å². The molecule has 2 fully saturated rings. The number of rotatable bonds is 5. The first-order valence-electron chi connectivity index (χ1n) is 10.00. The summed E-state index contributed by atoms with van der Waals surface area (Å²) in [5.41, 5.74) is 0.566. The summed E-state index contributed by atoms with van der Waals surface area (Å²) in [5.74, 6) is -0.274. The lowest BCUT2D eigenvalue weighted by atomic mass is 10.1. The van der Waals surface area contributed by atoms with Crippen molar-refractivity contribution in [2.75, 3.05) is 45.8 Å². The third kappa shape index (κ3) is 5.21. The number of halogens is 1. The van der Waals surface area contributed by atoms with E-state index < -0.39 is 10.2 Å². The van der Waals surface area contributed by atoms with Gasteiger partial charge < -0.3 is 10.2 Å². The molecule has 1 N–H and O–H groups in total. The number of nitrogens with one attached hydrogen (secondary N) is 1. The Kier molecular flexibility index (Phi) is 7.25. The van der Waals surface area contributed by atoms with Gasteiger partial charge in [-0.2, -0.15) is 17.0 Å². The first-order chi connectivity index (χ1) is 13.5. The number of carbonyl (C=O) groups is 1. The first kappa shape index (κ1) is 21.0. The van der Waals surface area contributed by atoms with Crippen molar-refractivity contribution in [3.63, 3.8) is 0 Å². The number of hydrogen-bond donors (Lipinski definition) is 1. The zero-order valence-electron chi connectivity index (χ0n) is 16.1. The summed E-state index contributed by atoms with van der Waals surface area (Å²) in [7, 11) is -3.45. The van der Waals surface area contributed by atoms with E-state index in [1.165, 1.54) is 10.4 Å². The van der Waals surface area contributed by atoms with Crippen molar-refractivity contribution in [1.82, 2.24) is 18.8 Å². The van der Waals surface area contributed by atoms with E-state index >= 15 is 0 Å². The highest BCUT2D eigenvalue weighted by Gasteiger charge is 2.33. The largest absolute Gasteiger partial charge is 0.338 e. The molecule has 1 aromatic carbocycles. The predicted octanol–water partition coefficient (Wildman–Crippen LogP) is 1.82. The van der Waals surface area contributed by atoms with E-state index in [4.69, 9.17) is 0 Å². The van der Waals surface area contributed by atoms with Gasteiger partial charge in [-0.05, 0) is 30.9 Å². The summed E-state index contributed by atoms with van der Waals surface area (Å²) in [6.45, 7) is 2.83. The Labute approximate surface area is 166 Å². The molecule has 3 rings (SSSR count).